The number of carbonyl (C=O) groups excluding carboxylic acids is 2. The molecule has 1 aromatic carbocycles. The van der Waals surface area contributed by atoms with Crippen molar-refractivity contribution in [3.8, 4) is 5.75 Å². The number of benzene rings is 1. The van der Waals surface area contributed by atoms with Crippen LogP contribution in [0.25, 0.3) is 0 Å². The monoisotopic (exact) mass is 416 g/mol. The van der Waals surface area contributed by atoms with Gasteiger partial charge in [0.2, 0.25) is 0 Å². The molecule has 1 rings (SSSR count). The molecular weight excluding hydrogens is 387 g/mol. The van der Waals surface area contributed by atoms with E-state index < -0.39 is 5.97 Å². The average Bonchev–Trinajstić information content (AvgIpc) is 2.64. The molecule has 0 bridgehead atoms. The van der Waals surface area contributed by atoms with E-state index in [1.807, 2.05) is 0 Å². The van der Waals surface area contributed by atoms with Crippen LogP contribution in [0.2, 0.25) is 10.0 Å². The lowest BCUT2D eigenvalue weighted by Gasteiger charge is -2.07. The molecule has 0 heterocycles. The summed E-state index contributed by atoms with van der Waals surface area (Å²) < 4.78 is 10.4. The number of unbranched alkanes of at least 4 members (excludes halogenated alkanes) is 7. The zero-order valence-electron chi connectivity index (χ0n) is 16.1. The van der Waals surface area contributed by atoms with Crippen molar-refractivity contribution >= 4 is 35.1 Å². The fourth-order valence-electron chi connectivity index (χ4n) is 2.61. The van der Waals surface area contributed by atoms with Gasteiger partial charge in [-0.05, 0) is 25.0 Å². The number of rotatable bonds is 14. The Morgan fingerprint density at radius 2 is 1.48 bits per heavy atom. The summed E-state index contributed by atoms with van der Waals surface area (Å²) in [7, 11) is 0. The smallest absolute Gasteiger partial charge is 0.311 e. The molecule has 0 aliphatic heterocycles. The maximum Gasteiger partial charge on any atom is 0.311 e. The second-order valence-electron chi connectivity index (χ2n) is 6.57. The predicted octanol–water partition coefficient (Wildman–Crippen LogP) is 6.75. The van der Waals surface area contributed by atoms with E-state index >= 15 is 0 Å². The third-order valence-electron chi connectivity index (χ3n) is 4.16. The molecule has 4 nitrogen and oxygen atoms in total. The van der Waals surface area contributed by atoms with E-state index in [4.69, 9.17) is 32.7 Å². The minimum atomic E-state index is -0.449. The number of esters is 2. The Hall–Kier alpha value is -1.26. The molecular formula is C21H30Cl2O4. The van der Waals surface area contributed by atoms with Crippen LogP contribution in [0.5, 0.6) is 5.75 Å². The van der Waals surface area contributed by atoms with Crippen LogP contribution in [-0.4, -0.2) is 18.5 Å². The number of hydrogen-bond acceptors (Lipinski definition) is 4. The summed E-state index contributed by atoms with van der Waals surface area (Å²) in [6, 6.07) is 4.84. The largest absolute Gasteiger partial charge is 0.466 e. The Balaban J connectivity index is 2.03. The summed E-state index contributed by atoms with van der Waals surface area (Å²) in [6.07, 6.45) is 10.3. The van der Waals surface area contributed by atoms with Gasteiger partial charge in [0.1, 0.15) is 5.02 Å². The van der Waals surface area contributed by atoms with Crippen LogP contribution in [0, 0.1) is 0 Å². The van der Waals surface area contributed by atoms with Crippen molar-refractivity contribution in [2.75, 3.05) is 6.61 Å². The zero-order chi connectivity index (χ0) is 19.9. The van der Waals surface area contributed by atoms with Crippen LogP contribution in [0.15, 0.2) is 18.2 Å². The van der Waals surface area contributed by atoms with Gasteiger partial charge in [-0.15, -0.1) is 0 Å². The second kappa shape index (κ2) is 14.8. The minimum Gasteiger partial charge on any atom is -0.466 e. The first kappa shape index (κ1) is 23.8. The van der Waals surface area contributed by atoms with Gasteiger partial charge in [0.25, 0.3) is 0 Å². The Morgan fingerprint density at radius 1 is 0.852 bits per heavy atom. The molecule has 0 saturated carbocycles. The summed E-state index contributed by atoms with van der Waals surface area (Å²) in [5, 5.41) is 0.531. The van der Waals surface area contributed by atoms with Gasteiger partial charge in [0.15, 0.2) is 5.75 Å². The summed E-state index contributed by atoms with van der Waals surface area (Å²) in [5.41, 5.74) is 0. The van der Waals surface area contributed by atoms with Crippen LogP contribution >= 0.6 is 23.2 Å². The van der Waals surface area contributed by atoms with Gasteiger partial charge >= 0.3 is 11.9 Å². The molecule has 152 valence electrons. The Kier molecular flexibility index (Phi) is 13.0. The lowest BCUT2D eigenvalue weighted by molar-refractivity contribution is -0.144. The Labute approximate surface area is 172 Å². The molecule has 0 unspecified atom stereocenters. The molecule has 0 radical (unpaired) electrons. The third-order valence-corrected chi connectivity index (χ3v) is 4.96. The first-order valence-corrected chi connectivity index (χ1v) is 10.6. The van der Waals surface area contributed by atoms with Gasteiger partial charge in [-0.1, -0.05) is 81.1 Å². The molecule has 6 heteroatoms. The van der Waals surface area contributed by atoms with Crippen molar-refractivity contribution < 1.29 is 19.1 Å². The fourth-order valence-corrected chi connectivity index (χ4v) is 2.94. The summed E-state index contributed by atoms with van der Waals surface area (Å²) in [4.78, 5) is 23.5. The van der Waals surface area contributed by atoms with Crippen molar-refractivity contribution in [1.82, 2.24) is 0 Å². The quantitative estimate of drug-likeness (QED) is 0.191. The van der Waals surface area contributed by atoms with Crippen molar-refractivity contribution in [3.05, 3.63) is 28.2 Å². The first-order valence-electron chi connectivity index (χ1n) is 9.85. The number of carbonyl (C=O) groups is 2. The highest BCUT2D eigenvalue weighted by atomic mass is 35.5. The molecule has 0 fully saturated rings. The maximum atomic E-state index is 11.8. The van der Waals surface area contributed by atoms with E-state index in [-0.39, 0.29) is 29.6 Å². The second-order valence-corrected chi connectivity index (χ2v) is 7.36. The topological polar surface area (TPSA) is 52.6 Å². The Bertz CT molecular complexity index is 575. The molecule has 0 saturated heterocycles. The highest BCUT2D eigenvalue weighted by Crippen LogP contribution is 2.31. The SMILES string of the molecule is CCCCCCCCCCOC(=O)CCCC(=O)Oc1cccc(Cl)c1Cl. The lowest BCUT2D eigenvalue weighted by atomic mass is 10.1. The van der Waals surface area contributed by atoms with E-state index in [0.717, 1.165) is 12.8 Å². The van der Waals surface area contributed by atoms with Crippen LogP contribution in [-0.2, 0) is 14.3 Å². The predicted molar refractivity (Wildman–Crippen MR) is 110 cm³/mol. The van der Waals surface area contributed by atoms with Crippen LogP contribution in [0.4, 0.5) is 0 Å². The molecule has 0 atom stereocenters. The normalized spacial score (nSPS) is 10.6. The Morgan fingerprint density at radius 3 is 2.19 bits per heavy atom. The van der Waals surface area contributed by atoms with E-state index in [0.29, 0.717) is 18.1 Å². The third kappa shape index (κ3) is 11.2. The van der Waals surface area contributed by atoms with Crippen LogP contribution in [0.3, 0.4) is 0 Å². The van der Waals surface area contributed by atoms with Gasteiger partial charge in [-0.25, -0.2) is 0 Å². The maximum absolute atomic E-state index is 11.8. The van der Waals surface area contributed by atoms with Crippen molar-refractivity contribution in [1.29, 1.82) is 0 Å². The molecule has 0 aliphatic rings. The zero-order valence-corrected chi connectivity index (χ0v) is 17.6. The van der Waals surface area contributed by atoms with Crippen LogP contribution in [0.1, 0.15) is 77.6 Å². The van der Waals surface area contributed by atoms with Crippen molar-refractivity contribution in [2.45, 2.75) is 77.6 Å². The number of ether oxygens (including phenoxy) is 2. The molecule has 0 aliphatic carbocycles. The van der Waals surface area contributed by atoms with E-state index in [2.05, 4.69) is 6.92 Å². The number of hydrogen-bond donors (Lipinski definition) is 0. The highest BCUT2D eigenvalue weighted by molar-refractivity contribution is 6.43. The summed E-state index contributed by atoms with van der Waals surface area (Å²) in [5.74, 6) is -0.493. The van der Waals surface area contributed by atoms with Gasteiger partial charge in [0.05, 0.1) is 11.6 Å². The molecule has 1 aromatic rings. The summed E-state index contributed by atoms with van der Waals surface area (Å²) >= 11 is 11.8. The molecule has 27 heavy (non-hydrogen) atoms. The van der Waals surface area contributed by atoms with Crippen LogP contribution < -0.4 is 4.74 Å². The van der Waals surface area contributed by atoms with Gasteiger partial charge in [-0.3, -0.25) is 9.59 Å². The van der Waals surface area contributed by atoms with Crippen molar-refractivity contribution in [2.24, 2.45) is 0 Å². The van der Waals surface area contributed by atoms with E-state index in [1.54, 1.807) is 18.2 Å². The minimum absolute atomic E-state index is 0.121. The molecule has 0 amide bonds. The van der Waals surface area contributed by atoms with Gasteiger partial charge < -0.3 is 9.47 Å². The lowest BCUT2D eigenvalue weighted by Crippen LogP contribution is -2.10. The standard InChI is InChI=1S/C21H30Cl2O4/c1-2-3-4-5-6-7-8-9-16-26-19(24)14-11-15-20(25)27-18-13-10-12-17(22)21(18)23/h10,12-13H,2-9,11,14-16H2,1H3. The molecule has 0 spiro atoms. The van der Waals surface area contributed by atoms with Gasteiger partial charge in [-0.2, -0.15) is 0 Å². The first-order chi connectivity index (χ1) is 13.0. The molecule has 0 N–H and O–H groups in total. The number of halogens is 2. The highest BCUT2D eigenvalue weighted by Gasteiger charge is 2.12. The fraction of sp³-hybridized carbons (Fsp3) is 0.619. The van der Waals surface area contributed by atoms with E-state index in [9.17, 15) is 9.59 Å². The van der Waals surface area contributed by atoms with E-state index in [1.165, 1.54) is 38.5 Å². The van der Waals surface area contributed by atoms with Gasteiger partial charge in [0, 0.05) is 12.8 Å². The van der Waals surface area contributed by atoms with Crippen molar-refractivity contribution in [3.63, 3.8) is 0 Å². The molecule has 0 aromatic heterocycles. The summed E-state index contributed by atoms with van der Waals surface area (Å²) in [6.45, 7) is 2.67. The average molecular weight is 417 g/mol.